The van der Waals surface area contributed by atoms with Gasteiger partial charge in [0, 0.05) is 0 Å². The van der Waals surface area contributed by atoms with E-state index in [9.17, 15) is 14.4 Å². The lowest BCUT2D eigenvalue weighted by atomic mass is 10.1. The van der Waals surface area contributed by atoms with Crippen molar-refractivity contribution in [3.05, 3.63) is 75.7 Å². The molecule has 3 rings (SSSR count). The van der Waals surface area contributed by atoms with Gasteiger partial charge in [-0.2, -0.15) is 4.90 Å². The molecule has 0 aliphatic rings. The molecule has 0 spiro atoms. The topological polar surface area (TPSA) is 130 Å². The summed E-state index contributed by atoms with van der Waals surface area (Å²) in [6.45, 7) is 1.42. The molecule has 0 bridgehead atoms. The normalized spacial score (nSPS) is 12.4. The van der Waals surface area contributed by atoms with E-state index in [1.54, 1.807) is 12.1 Å². The maximum atomic E-state index is 13.1. The number of nitrogens with two attached hydrogens (primary N) is 1. The highest BCUT2D eigenvalue weighted by Crippen LogP contribution is 2.20. The van der Waals surface area contributed by atoms with Gasteiger partial charge in [0.1, 0.15) is 12.6 Å². The maximum absolute atomic E-state index is 13.1. The van der Waals surface area contributed by atoms with Gasteiger partial charge in [0.2, 0.25) is 11.0 Å². The van der Waals surface area contributed by atoms with Crippen LogP contribution in [0.5, 0.6) is 0 Å². The van der Waals surface area contributed by atoms with Crippen LogP contribution < -0.4 is 16.0 Å². The van der Waals surface area contributed by atoms with Crippen LogP contribution in [0.2, 0.25) is 0 Å². The second-order valence-corrected chi connectivity index (χ2v) is 8.78. The Morgan fingerprint density at radius 1 is 1.12 bits per heavy atom. The Morgan fingerprint density at radius 2 is 1.73 bits per heavy atom. The molecule has 2 atom stereocenters. The molecular weight excluding hydrogens is 462 g/mol. The zero-order valence-electron chi connectivity index (χ0n) is 17.8. The fourth-order valence-corrected chi connectivity index (χ4v) is 3.77. The van der Waals surface area contributed by atoms with E-state index in [0.717, 1.165) is 27.4 Å². The molecule has 0 radical (unpaired) electrons. The minimum atomic E-state index is -1.07. The van der Waals surface area contributed by atoms with Gasteiger partial charge in [0.05, 0.1) is 6.04 Å². The number of ether oxygens (including phenoxy) is 1. The van der Waals surface area contributed by atoms with Crippen LogP contribution in [0.1, 0.15) is 18.1 Å². The third kappa shape index (κ3) is 6.78. The average Bonchev–Trinajstić information content (AvgIpc) is 3.24. The summed E-state index contributed by atoms with van der Waals surface area (Å²) in [6.07, 6.45) is -0.631. The number of carbonyl (C=O) groups is 3. The van der Waals surface area contributed by atoms with Gasteiger partial charge in [0.15, 0.2) is 3.95 Å². The van der Waals surface area contributed by atoms with E-state index in [1.165, 1.54) is 6.92 Å². The second kappa shape index (κ2) is 11.5. The molecule has 3 amide bonds. The van der Waals surface area contributed by atoms with E-state index in [1.807, 2.05) is 48.5 Å². The lowest BCUT2D eigenvalue weighted by molar-refractivity contribution is -0.127. The summed E-state index contributed by atoms with van der Waals surface area (Å²) in [7, 11) is 0. The minimum Gasteiger partial charge on any atom is -0.444 e. The molecule has 172 valence electrons. The standard InChI is InChI=1S/C22H23N5O4S2/c1-14(24-18(28)17(23)12-15-8-4-2-5-9-15)19(29)27(20-25-26-21(32)33-20)22(30)31-13-16-10-6-3-7-11-16/h2-11,14,17H,12-13,23H2,1H3,(H,24,28)(H,26,32)/t14-,17-/m0/s1. The molecule has 0 aliphatic heterocycles. The van der Waals surface area contributed by atoms with Gasteiger partial charge in [-0.3, -0.25) is 14.7 Å². The summed E-state index contributed by atoms with van der Waals surface area (Å²) >= 11 is 5.96. The predicted molar refractivity (Wildman–Crippen MR) is 127 cm³/mol. The first-order valence-corrected chi connectivity index (χ1v) is 11.3. The van der Waals surface area contributed by atoms with Gasteiger partial charge in [-0.25, -0.2) is 4.79 Å². The average molecular weight is 486 g/mol. The van der Waals surface area contributed by atoms with Gasteiger partial charge in [-0.15, -0.1) is 5.10 Å². The van der Waals surface area contributed by atoms with Crippen LogP contribution >= 0.6 is 23.6 Å². The number of nitrogens with zero attached hydrogens (tertiary/aromatic N) is 2. The van der Waals surface area contributed by atoms with Gasteiger partial charge in [0.25, 0.3) is 5.91 Å². The van der Waals surface area contributed by atoms with Crippen molar-refractivity contribution in [1.82, 2.24) is 15.5 Å². The SMILES string of the molecule is C[C@H](NC(=O)[C@@H](N)Cc1ccccc1)C(=O)N(C(=O)OCc1ccccc1)c1n[nH]c(=S)s1. The van der Waals surface area contributed by atoms with Crippen LogP contribution in [0, 0.1) is 3.95 Å². The molecule has 2 aromatic carbocycles. The Bertz CT molecular complexity index is 1150. The highest BCUT2D eigenvalue weighted by Gasteiger charge is 2.33. The Balaban J connectivity index is 1.68. The van der Waals surface area contributed by atoms with Crippen molar-refractivity contribution < 1.29 is 19.1 Å². The van der Waals surface area contributed by atoms with Gasteiger partial charge in [-0.1, -0.05) is 72.0 Å². The monoisotopic (exact) mass is 485 g/mol. The molecule has 0 fully saturated rings. The number of imide groups is 1. The first-order chi connectivity index (χ1) is 15.8. The molecule has 4 N–H and O–H groups in total. The van der Waals surface area contributed by atoms with E-state index >= 15 is 0 Å². The molecule has 11 heteroatoms. The minimum absolute atomic E-state index is 0.0118. The first kappa shape index (κ1) is 24.2. The van der Waals surface area contributed by atoms with Gasteiger partial charge in [-0.05, 0) is 36.7 Å². The Hall–Kier alpha value is -3.41. The summed E-state index contributed by atoms with van der Waals surface area (Å²) in [5.74, 6) is -1.25. The van der Waals surface area contributed by atoms with Crippen molar-refractivity contribution in [3.63, 3.8) is 0 Å². The van der Waals surface area contributed by atoms with Crippen molar-refractivity contribution in [1.29, 1.82) is 0 Å². The maximum Gasteiger partial charge on any atom is 0.423 e. The summed E-state index contributed by atoms with van der Waals surface area (Å²) in [5, 5.41) is 9.03. The fraction of sp³-hybridized carbons (Fsp3) is 0.227. The zero-order chi connectivity index (χ0) is 23.8. The third-order valence-electron chi connectivity index (χ3n) is 4.59. The van der Waals surface area contributed by atoms with Crippen molar-refractivity contribution in [2.75, 3.05) is 4.90 Å². The number of benzene rings is 2. The summed E-state index contributed by atoms with van der Waals surface area (Å²) in [5.41, 5.74) is 7.64. The molecule has 3 aromatic rings. The summed E-state index contributed by atoms with van der Waals surface area (Å²) in [4.78, 5) is 39.2. The van der Waals surface area contributed by atoms with Crippen LogP contribution in [0.15, 0.2) is 60.7 Å². The van der Waals surface area contributed by atoms with E-state index in [-0.39, 0.29) is 15.7 Å². The summed E-state index contributed by atoms with van der Waals surface area (Å²) in [6, 6.07) is 16.4. The highest BCUT2D eigenvalue weighted by atomic mass is 32.1. The number of rotatable bonds is 8. The number of anilines is 1. The van der Waals surface area contributed by atoms with E-state index in [0.29, 0.717) is 6.42 Å². The number of hydrogen-bond acceptors (Lipinski definition) is 8. The molecule has 1 aromatic heterocycles. The van der Waals surface area contributed by atoms with Gasteiger partial charge < -0.3 is 15.8 Å². The first-order valence-electron chi connectivity index (χ1n) is 10.0. The Morgan fingerprint density at radius 3 is 2.30 bits per heavy atom. The zero-order valence-corrected chi connectivity index (χ0v) is 19.4. The number of nitrogens with one attached hydrogen (secondary N) is 2. The molecule has 9 nitrogen and oxygen atoms in total. The lowest BCUT2D eigenvalue weighted by Crippen LogP contribution is -2.53. The molecule has 0 unspecified atom stereocenters. The van der Waals surface area contributed by atoms with Crippen molar-refractivity contribution in [2.24, 2.45) is 5.73 Å². The van der Waals surface area contributed by atoms with Crippen LogP contribution in [0.3, 0.4) is 0 Å². The van der Waals surface area contributed by atoms with Crippen molar-refractivity contribution in [2.45, 2.75) is 32.0 Å². The number of amides is 3. The molecule has 33 heavy (non-hydrogen) atoms. The van der Waals surface area contributed by atoms with Crippen LogP contribution in [-0.4, -0.2) is 40.2 Å². The predicted octanol–water partition coefficient (Wildman–Crippen LogP) is 2.95. The third-order valence-corrected chi connectivity index (χ3v) is 5.67. The van der Waals surface area contributed by atoms with Crippen molar-refractivity contribution in [3.8, 4) is 0 Å². The number of H-pyrrole nitrogens is 1. The van der Waals surface area contributed by atoms with Crippen LogP contribution in [0.25, 0.3) is 0 Å². The fourth-order valence-electron chi connectivity index (χ4n) is 2.90. The lowest BCUT2D eigenvalue weighted by Gasteiger charge is -2.22. The quantitative estimate of drug-likeness (QED) is 0.418. The highest BCUT2D eigenvalue weighted by molar-refractivity contribution is 7.73. The van der Waals surface area contributed by atoms with Crippen LogP contribution in [-0.2, 0) is 27.4 Å². The number of aromatic amines is 1. The number of carbonyl (C=O) groups excluding carboxylic acids is 3. The van der Waals surface area contributed by atoms with E-state index in [4.69, 9.17) is 22.7 Å². The molecule has 0 aliphatic carbocycles. The van der Waals surface area contributed by atoms with Crippen molar-refractivity contribution >= 4 is 46.6 Å². The molecular formula is C22H23N5O4S2. The second-order valence-electron chi connectivity index (χ2n) is 7.14. The van der Waals surface area contributed by atoms with E-state index < -0.39 is 30.0 Å². The summed E-state index contributed by atoms with van der Waals surface area (Å²) < 4.78 is 5.58. The Kier molecular flexibility index (Phi) is 8.41. The number of aromatic nitrogens is 2. The largest absolute Gasteiger partial charge is 0.444 e. The van der Waals surface area contributed by atoms with E-state index in [2.05, 4.69) is 15.5 Å². The Labute approximate surface area is 199 Å². The molecule has 1 heterocycles. The molecule has 0 saturated heterocycles. The van der Waals surface area contributed by atoms with Crippen LogP contribution in [0.4, 0.5) is 9.93 Å². The van der Waals surface area contributed by atoms with Gasteiger partial charge >= 0.3 is 6.09 Å². The number of hydrogen-bond donors (Lipinski definition) is 3. The smallest absolute Gasteiger partial charge is 0.423 e. The molecule has 0 saturated carbocycles.